The van der Waals surface area contributed by atoms with Crippen molar-refractivity contribution in [3.8, 4) is 0 Å². The number of ether oxygens (including phenoxy) is 1. The van der Waals surface area contributed by atoms with Gasteiger partial charge >= 0.3 is 5.97 Å². The Kier molecular flexibility index (Phi) is 4.22. The molecule has 1 fully saturated rings. The van der Waals surface area contributed by atoms with Crippen molar-refractivity contribution in [2.24, 2.45) is 5.92 Å². The average molecular weight is 186 g/mol. The van der Waals surface area contributed by atoms with Crippen molar-refractivity contribution in [1.82, 2.24) is 0 Å². The van der Waals surface area contributed by atoms with E-state index in [0.717, 1.165) is 19.3 Å². The number of rotatable bonds is 3. The van der Waals surface area contributed by atoms with Gasteiger partial charge in [0.2, 0.25) is 0 Å². The van der Waals surface area contributed by atoms with Crippen molar-refractivity contribution >= 4 is 5.97 Å². The van der Waals surface area contributed by atoms with Crippen LogP contribution < -0.4 is 0 Å². The van der Waals surface area contributed by atoms with Crippen LogP contribution in [0, 0.1) is 5.92 Å². The summed E-state index contributed by atoms with van der Waals surface area (Å²) in [6.07, 6.45) is 6.00. The first-order chi connectivity index (χ1) is 6.24. The largest absolute Gasteiger partial charge is 0.481 e. The van der Waals surface area contributed by atoms with Crippen molar-refractivity contribution in [3.63, 3.8) is 0 Å². The molecule has 0 aromatic carbocycles. The first-order valence-electron chi connectivity index (χ1n) is 4.98. The van der Waals surface area contributed by atoms with E-state index >= 15 is 0 Å². The lowest BCUT2D eigenvalue weighted by atomic mass is 9.94. The van der Waals surface area contributed by atoms with Crippen LogP contribution in [-0.4, -0.2) is 24.3 Å². The molecule has 1 N–H and O–H groups in total. The molecule has 3 heteroatoms. The predicted molar refractivity (Wildman–Crippen MR) is 49.6 cm³/mol. The molecule has 1 aliphatic rings. The number of methoxy groups -OCH3 is 1. The zero-order valence-electron chi connectivity index (χ0n) is 8.16. The van der Waals surface area contributed by atoms with Crippen LogP contribution in [0.1, 0.15) is 38.5 Å². The Balaban J connectivity index is 2.48. The second-order valence-electron chi connectivity index (χ2n) is 3.77. The van der Waals surface area contributed by atoms with E-state index in [1.54, 1.807) is 7.11 Å². The second-order valence-corrected chi connectivity index (χ2v) is 3.77. The minimum atomic E-state index is -0.700. The first-order valence-corrected chi connectivity index (χ1v) is 4.98. The Hall–Kier alpha value is -0.570. The third kappa shape index (κ3) is 3.35. The molecule has 1 saturated carbocycles. The molecule has 2 atom stereocenters. The Morgan fingerprint density at radius 3 is 2.69 bits per heavy atom. The summed E-state index contributed by atoms with van der Waals surface area (Å²) >= 11 is 0. The lowest BCUT2D eigenvalue weighted by Crippen LogP contribution is -2.24. The van der Waals surface area contributed by atoms with Gasteiger partial charge in [0.25, 0.3) is 0 Å². The summed E-state index contributed by atoms with van der Waals surface area (Å²) in [5.74, 6) is -0.473. The quantitative estimate of drug-likeness (QED) is 0.686. The van der Waals surface area contributed by atoms with E-state index in [1.807, 2.05) is 0 Å². The Morgan fingerprint density at radius 2 is 2.08 bits per heavy atom. The zero-order valence-corrected chi connectivity index (χ0v) is 8.16. The highest BCUT2D eigenvalue weighted by Crippen LogP contribution is 2.27. The molecular formula is C10H18O3. The van der Waals surface area contributed by atoms with E-state index < -0.39 is 5.97 Å². The van der Waals surface area contributed by atoms with Gasteiger partial charge in [-0.05, 0) is 18.8 Å². The van der Waals surface area contributed by atoms with Crippen molar-refractivity contribution in [2.45, 2.75) is 44.6 Å². The molecule has 2 unspecified atom stereocenters. The highest BCUT2D eigenvalue weighted by molar-refractivity contribution is 5.67. The van der Waals surface area contributed by atoms with Gasteiger partial charge in [0.05, 0.1) is 12.5 Å². The highest BCUT2D eigenvalue weighted by atomic mass is 16.5. The van der Waals surface area contributed by atoms with Gasteiger partial charge in [0.1, 0.15) is 0 Å². The van der Waals surface area contributed by atoms with Crippen molar-refractivity contribution in [2.75, 3.05) is 7.11 Å². The molecule has 0 bridgehead atoms. The zero-order chi connectivity index (χ0) is 9.68. The fourth-order valence-electron chi connectivity index (χ4n) is 2.12. The molecule has 0 heterocycles. The number of hydrogen-bond donors (Lipinski definition) is 1. The number of carbonyl (C=O) groups is 1. The number of carboxylic acids is 1. The maximum atomic E-state index is 10.6. The molecule has 0 aromatic heterocycles. The van der Waals surface area contributed by atoms with Gasteiger partial charge in [0, 0.05) is 7.11 Å². The van der Waals surface area contributed by atoms with Gasteiger partial charge in [-0.15, -0.1) is 0 Å². The molecule has 1 rings (SSSR count). The van der Waals surface area contributed by atoms with E-state index in [9.17, 15) is 4.79 Å². The molecule has 1 aliphatic carbocycles. The maximum absolute atomic E-state index is 10.6. The standard InChI is InChI=1S/C10H18O3/c1-13-9-6-4-2-3-5-8(9)7-10(11)12/h8-9H,2-7H2,1H3,(H,11,12). The van der Waals surface area contributed by atoms with E-state index in [4.69, 9.17) is 9.84 Å². The summed E-state index contributed by atoms with van der Waals surface area (Å²) < 4.78 is 5.32. The summed E-state index contributed by atoms with van der Waals surface area (Å²) in [5, 5.41) is 8.72. The first kappa shape index (κ1) is 10.5. The third-order valence-electron chi connectivity index (χ3n) is 2.83. The Morgan fingerprint density at radius 1 is 1.38 bits per heavy atom. The van der Waals surface area contributed by atoms with Crippen LogP contribution >= 0.6 is 0 Å². The van der Waals surface area contributed by atoms with Gasteiger partial charge < -0.3 is 9.84 Å². The van der Waals surface area contributed by atoms with Crippen LogP contribution in [0.5, 0.6) is 0 Å². The fraction of sp³-hybridized carbons (Fsp3) is 0.900. The van der Waals surface area contributed by atoms with E-state index in [2.05, 4.69) is 0 Å². The van der Waals surface area contributed by atoms with Crippen molar-refractivity contribution in [3.05, 3.63) is 0 Å². The lowest BCUT2D eigenvalue weighted by Gasteiger charge is -2.21. The monoisotopic (exact) mass is 186 g/mol. The molecule has 3 nitrogen and oxygen atoms in total. The topological polar surface area (TPSA) is 46.5 Å². The van der Waals surface area contributed by atoms with Gasteiger partial charge in [-0.3, -0.25) is 4.79 Å². The molecule has 0 amide bonds. The van der Waals surface area contributed by atoms with Crippen LogP contribution in [0.15, 0.2) is 0 Å². The molecule has 0 aliphatic heterocycles. The normalized spacial score (nSPS) is 29.6. The predicted octanol–water partition coefficient (Wildman–Crippen LogP) is 2.06. The average Bonchev–Trinajstić information content (AvgIpc) is 2.28. The third-order valence-corrected chi connectivity index (χ3v) is 2.83. The molecule has 0 radical (unpaired) electrons. The lowest BCUT2D eigenvalue weighted by molar-refractivity contribution is -0.139. The minimum Gasteiger partial charge on any atom is -0.481 e. The van der Waals surface area contributed by atoms with Crippen molar-refractivity contribution < 1.29 is 14.6 Å². The van der Waals surface area contributed by atoms with Crippen LogP contribution in [-0.2, 0) is 9.53 Å². The number of aliphatic carboxylic acids is 1. The summed E-state index contributed by atoms with van der Waals surface area (Å²) in [4.78, 5) is 10.6. The SMILES string of the molecule is COC1CCCCCC1CC(=O)O. The van der Waals surface area contributed by atoms with Crippen molar-refractivity contribution in [1.29, 1.82) is 0 Å². The smallest absolute Gasteiger partial charge is 0.303 e. The summed E-state index contributed by atoms with van der Waals surface area (Å²) in [6, 6.07) is 0. The number of carboxylic acid groups (broad SMARTS) is 1. The van der Waals surface area contributed by atoms with E-state index in [0.29, 0.717) is 0 Å². The fourth-order valence-corrected chi connectivity index (χ4v) is 2.12. The van der Waals surface area contributed by atoms with Crippen LogP contribution in [0.2, 0.25) is 0 Å². The minimum absolute atomic E-state index is 0.165. The number of hydrogen-bond acceptors (Lipinski definition) is 2. The van der Waals surface area contributed by atoms with Gasteiger partial charge in [-0.1, -0.05) is 19.3 Å². The maximum Gasteiger partial charge on any atom is 0.303 e. The second kappa shape index (κ2) is 5.22. The van der Waals surface area contributed by atoms with Gasteiger partial charge in [-0.25, -0.2) is 0 Å². The summed E-state index contributed by atoms with van der Waals surface area (Å²) in [5.41, 5.74) is 0. The molecular weight excluding hydrogens is 168 g/mol. The summed E-state index contributed by atoms with van der Waals surface area (Å²) in [7, 11) is 1.69. The van der Waals surface area contributed by atoms with E-state index in [1.165, 1.54) is 12.8 Å². The highest BCUT2D eigenvalue weighted by Gasteiger charge is 2.25. The molecule has 0 aromatic rings. The molecule has 0 saturated heterocycles. The van der Waals surface area contributed by atoms with E-state index in [-0.39, 0.29) is 18.4 Å². The molecule has 13 heavy (non-hydrogen) atoms. The van der Waals surface area contributed by atoms with Crippen LogP contribution in [0.4, 0.5) is 0 Å². The van der Waals surface area contributed by atoms with Crippen LogP contribution in [0.3, 0.4) is 0 Å². The van der Waals surface area contributed by atoms with Crippen LogP contribution in [0.25, 0.3) is 0 Å². The summed E-state index contributed by atoms with van der Waals surface area (Å²) in [6.45, 7) is 0. The Bertz CT molecular complexity index is 168. The molecule has 76 valence electrons. The molecule has 0 spiro atoms. The Labute approximate surface area is 79.1 Å². The van der Waals surface area contributed by atoms with Gasteiger partial charge in [-0.2, -0.15) is 0 Å². The van der Waals surface area contributed by atoms with Gasteiger partial charge in [0.15, 0.2) is 0 Å².